The lowest BCUT2D eigenvalue weighted by molar-refractivity contribution is 0.331. The first-order valence-corrected chi connectivity index (χ1v) is 7.51. The summed E-state index contributed by atoms with van der Waals surface area (Å²) in [5, 5.41) is 4.67. The highest BCUT2D eigenvalue weighted by Gasteiger charge is 2.32. The Bertz CT molecular complexity index is 367. The van der Waals surface area contributed by atoms with Gasteiger partial charge in [0, 0.05) is 17.1 Å². The fourth-order valence-electron chi connectivity index (χ4n) is 2.66. The van der Waals surface area contributed by atoms with Gasteiger partial charge in [-0.15, -0.1) is 0 Å². The molecule has 0 aliphatic heterocycles. The maximum atomic E-state index is 5.97. The van der Waals surface area contributed by atoms with Crippen molar-refractivity contribution in [3.63, 3.8) is 0 Å². The average Bonchev–Trinajstić information content (AvgIpc) is 3.16. The Labute approximate surface area is 116 Å². The fourth-order valence-corrected chi connectivity index (χ4v) is 2.79. The molecule has 0 bridgehead atoms. The Hall–Kier alpha value is -0.530. The van der Waals surface area contributed by atoms with Gasteiger partial charge < -0.3 is 5.32 Å². The molecule has 2 unspecified atom stereocenters. The molecule has 2 heteroatoms. The molecule has 1 aliphatic rings. The molecule has 2 atom stereocenters. The highest BCUT2D eigenvalue weighted by atomic mass is 35.5. The summed E-state index contributed by atoms with van der Waals surface area (Å²) in [6.07, 6.45) is 4.02. The van der Waals surface area contributed by atoms with Gasteiger partial charge in [0.15, 0.2) is 0 Å². The Morgan fingerprint density at radius 3 is 2.28 bits per heavy atom. The predicted molar refractivity (Wildman–Crippen MR) is 79.0 cm³/mol. The van der Waals surface area contributed by atoms with Crippen LogP contribution in [-0.2, 0) is 0 Å². The molecule has 1 nitrogen and oxygen atoms in total. The summed E-state index contributed by atoms with van der Waals surface area (Å²) in [5.74, 6) is 1.50. The standard InChI is InChI=1S/C16H24ClN/c1-4-15(12-5-6-12)18-16(11(2)3)13-7-9-14(17)10-8-13/h7-12,15-16,18H,4-6H2,1-3H3. The molecule has 0 spiro atoms. The van der Waals surface area contributed by atoms with Crippen LogP contribution in [0, 0.1) is 11.8 Å². The van der Waals surface area contributed by atoms with Gasteiger partial charge in [-0.1, -0.05) is 44.5 Å². The summed E-state index contributed by atoms with van der Waals surface area (Å²) < 4.78 is 0. The van der Waals surface area contributed by atoms with Gasteiger partial charge in [0.25, 0.3) is 0 Å². The second-order valence-corrected chi connectivity index (χ2v) is 6.23. The zero-order valence-electron chi connectivity index (χ0n) is 11.6. The quantitative estimate of drug-likeness (QED) is 0.778. The molecular formula is C16H24ClN. The van der Waals surface area contributed by atoms with Crippen molar-refractivity contribution in [3.05, 3.63) is 34.9 Å². The van der Waals surface area contributed by atoms with Gasteiger partial charge in [-0.2, -0.15) is 0 Å². The molecule has 18 heavy (non-hydrogen) atoms. The van der Waals surface area contributed by atoms with Crippen LogP contribution in [-0.4, -0.2) is 6.04 Å². The molecule has 1 fully saturated rings. The van der Waals surface area contributed by atoms with Crippen molar-refractivity contribution in [2.75, 3.05) is 0 Å². The third-order valence-corrected chi connectivity index (χ3v) is 4.17. The van der Waals surface area contributed by atoms with Gasteiger partial charge in [0.05, 0.1) is 0 Å². The zero-order chi connectivity index (χ0) is 13.1. The van der Waals surface area contributed by atoms with E-state index in [2.05, 4.69) is 38.2 Å². The normalized spacial score (nSPS) is 18.9. The van der Waals surface area contributed by atoms with Crippen LogP contribution in [0.2, 0.25) is 5.02 Å². The molecular weight excluding hydrogens is 242 g/mol. The number of rotatable bonds is 6. The van der Waals surface area contributed by atoms with Crippen LogP contribution in [0.5, 0.6) is 0 Å². The topological polar surface area (TPSA) is 12.0 Å². The number of nitrogens with one attached hydrogen (secondary N) is 1. The average molecular weight is 266 g/mol. The van der Waals surface area contributed by atoms with Gasteiger partial charge >= 0.3 is 0 Å². The van der Waals surface area contributed by atoms with Crippen LogP contribution in [0.25, 0.3) is 0 Å². The summed E-state index contributed by atoms with van der Waals surface area (Å²) in [4.78, 5) is 0. The molecule has 0 saturated heterocycles. The minimum atomic E-state index is 0.438. The number of benzene rings is 1. The number of hydrogen-bond acceptors (Lipinski definition) is 1. The molecule has 0 radical (unpaired) electrons. The van der Waals surface area contributed by atoms with Crippen LogP contribution in [0.15, 0.2) is 24.3 Å². The molecule has 1 N–H and O–H groups in total. The van der Waals surface area contributed by atoms with E-state index in [4.69, 9.17) is 11.6 Å². The van der Waals surface area contributed by atoms with E-state index in [0.717, 1.165) is 10.9 Å². The van der Waals surface area contributed by atoms with Gasteiger partial charge in [-0.25, -0.2) is 0 Å². The zero-order valence-corrected chi connectivity index (χ0v) is 12.4. The van der Waals surface area contributed by atoms with Crippen molar-refractivity contribution >= 4 is 11.6 Å². The Morgan fingerprint density at radius 2 is 1.83 bits per heavy atom. The van der Waals surface area contributed by atoms with E-state index in [-0.39, 0.29) is 0 Å². The first-order chi connectivity index (χ1) is 8.61. The Morgan fingerprint density at radius 1 is 1.22 bits per heavy atom. The highest BCUT2D eigenvalue weighted by molar-refractivity contribution is 6.30. The maximum absolute atomic E-state index is 5.97. The van der Waals surface area contributed by atoms with Gasteiger partial charge in [-0.05, 0) is 48.8 Å². The Kier molecular flexibility index (Phi) is 4.69. The third kappa shape index (κ3) is 3.49. The van der Waals surface area contributed by atoms with Crippen molar-refractivity contribution in [1.29, 1.82) is 0 Å². The summed E-state index contributed by atoms with van der Waals surface area (Å²) in [7, 11) is 0. The van der Waals surface area contributed by atoms with E-state index in [1.807, 2.05) is 12.1 Å². The SMILES string of the molecule is CCC(NC(c1ccc(Cl)cc1)C(C)C)C1CC1. The monoisotopic (exact) mass is 265 g/mol. The molecule has 1 aromatic rings. The minimum Gasteiger partial charge on any atom is -0.307 e. The van der Waals surface area contributed by atoms with Crippen LogP contribution in [0.4, 0.5) is 0 Å². The van der Waals surface area contributed by atoms with Crippen molar-refractivity contribution in [3.8, 4) is 0 Å². The second kappa shape index (κ2) is 6.08. The molecule has 1 saturated carbocycles. The van der Waals surface area contributed by atoms with Crippen LogP contribution >= 0.6 is 11.6 Å². The lowest BCUT2D eigenvalue weighted by atomic mass is 9.94. The van der Waals surface area contributed by atoms with E-state index in [0.29, 0.717) is 18.0 Å². The summed E-state index contributed by atoms with van der Waals surface area (Å²) >= 11 is 5.97. The van der Waals surface area contributed by atoms with Crippen molar-refractivity contribution in [2.24, 2.45) is 11.8 Å². The largest absolute Gasteiger partial charge is 0.307 e. The van der Waals surface area contributed by atoms with Crippen LogP contribution in [0.1, 0.15) is 51.6 Å². The first kappa shape index (κ1) is 13.9. The summed E-state index contributed by atoms with van der Waals surface area (Å²) in [6.45, 7) is 6.85. The van der Waals surface area contributed by atoms with Crippen molar-refractivity contribution < 1.29 is 0 Å². The highest BCUT2D eigenvalue weighted by Crippen LogP contribution is 2.36. The summed E-state index contributed by atoms with van der Waals surface area (Å²) in [6, 6.07) is 9.40. The maximum Gasteiger partial charge on any atom is 0.0406 e. The van der Waals surface area contributed by atoms with E-state index >= 15 is 0 Å². The third-order valence-electron chi connectivity index (χ3n) is 3.92. The van der Waals surface area contributed by atoms with E-state index in [1.165, 1.54) is 24.8 Å². The molecule has 1 aromatic carbocycles. The fraction of sp³-hybridized carbons (Fsp3) is 0.625. The second-order valence-electron chi connectivity index (χ2n) is 5.79. The van der Waals surface area contributed by atoms with Crippen molar-refractivity contribution in [1.82, 2.24) is 5.32 Å². The van der Waals surface area contributed by atoms with E-state index in [1.54, 1.807) is 0 Å². The number of hydrogen-bond donors (Lipinski definition) is 1. The number of halogens is 1. The molecule has 1 aliphatic carbocycles. The minimum absolute atomic E-state index is 0.438. The summed E-state index contributed by atoms with van der Waals surface area (Å²) in [5.41, 5.74) is 1.36. The smallest absolute Gasteiger partial charge is 0.0406 e. The molecule has 0 aromatic heterocycles. The van der Waals surface area contributed by atoms with Crippen LogP contribution < -0.4 is 5.32 Å². The molecule has 0 heterocycles. The van der Waals surface area contributed by atoms with E-state index in [9.17, 15) is 0 Å². The molecule has 0 amide bonds. The Balaban J connectivity index is 2.09. The van der Waals surface area contributed by atoms with Gasteiger partial charge in [0.2, 0.25) is 0 Å². The lowest BCUT2D eigenvalue weighted by Gasteiger charge is -2.28. The van der Waals surface area contributed by atoms with Gasteiger partial charge in [-0.3, -0.25) is 0 Å². The van der Waals surface area contributed by atoms with Crippen molar-refractivity contribution in [2.45, 2.75) is 52.1 Å². The van der Waals surface area contributed by atoms with Gasteiger partial charge in [0.1, 0.15) is 0 Å². The lowest BCUT2D eigenvalue weighted by Crippen LogP contribution is -2.36. The first-order valence-electron chi connectivity index (χ1n) is 7.13. The molecule has 100 valence electrons. The molecule has 2 rings (SSSR count). The predicted octanol–water partition coefficient (Wildman–Crippen LogP) is 4.82. The van der Waals surface area contributed by atoms with Crippen LogP contribution in [0.3, 0.4) is 0 Å². The van der Waals surface area contributed by atoms with E-state index < -0.39 is 0 Å².